The Morgan fingerprint density at radius 2 is 1.69 bits per heavy atom. The summed E-state index contributed by atoms with van der Waals surface area (Å²) in [5.41, 5.74) is 4.40. The summed E-state index contributed by atoms with van der Waals surface area (Å²) in [5.74, 6) is 0. The molecule has 0 unspecified atom stereocenters. The van der Waals surface area contributed by atoms with E-state index in [1.54, 1.807) is 0 Å². The molecule has 1 aliphatic rings. The Bertz CT molecular complexity index is 934. The van der Waals surface area contributed by atoms with Crippen LogP contribution in [0.5, 0.6) is 0 Å². The molecule has 0 N–H and O–H groups in total. The van der Waals surface area contributed by atoms with E-state index in [2.05, 4.69) is 60.0 Å². The van der Waals surface area contributed by atoms with Crippen LogP contribution in [0.1, 0.15) is 26.7 Å². The molecule has 1 saturated heterocycles. The minimum Gasteiger partial charge on any atom is -0.371 e. The fraction of sp³-hybridized carbons (Fsp3) is 0.375. The van der Waals surface area contributed by atoms with E-state index in [-0.39, 0.29) is 12.4 Å². The van der Waals surface area contributed by atoms with Gasteiger partial charge in [0.25, 0.3) is 0 Å². The molecule has 0 saturated carbocycles. The number of halogens is 2. The lowest BCUT2D eigenvalue weighted by atomic mass is 10.0. The van der Waals surface area contributed by atoms with E-state index < -0.39 is 0 Å². The summed E-state index contributed by atoms with van der Waals surface area (Å²) in [4.78, 5) is 10.0. The van der Waals surface area contributed by atoms with Crippen LogP contribution in [-0.4, -0.2) is 42.1 Å². The number of hydrogen-bond donors (Lipinski definition) is 0. The Labute approximate surface area is 185 Å². The van der Waals surface area contributed by atoms with Gasteiger partial charge in [-0.05, 0) is 50.2 Å². The predicted molar refractivity (Wildman–Crippen MR) is 128 cm³/mol. The molecule has 0 radical (unpaired) electrons. The van der Waals surface area contributed by atoms with E-state index >= 15 is 0 Å². The first-order chi connectivity index (χ1) is 13.7. The van der Waals surface area contributed by atoms with Crippen LogP contribution in [0.4, 0.5) is 5.69 Å². The fourth-order valence-corrected chi connectivity index (χ4v) is 4.58. The lowest BCUT2D eigenvalue weighted by Gasteiger charge is -2.39. The van der Waals surface area contributed by atoms with Gasteiger partial charge < -0.3 is 9.80 Å². The van der Waals surface area contributed by atoms with Crippen molar-refractivity contribution in [3.63, 3.8) is 0 Å². The first kappa shape index (κ1) is 21.9. The maximum absolute atomic E-state index is 6.28. The zero-order valence-corrected chi connectivity index (χ0v) is 18.7. The summed E-state index contributed by atoms with van der Waals surface area (Å²) in [5, 5.41) is 1.92. The Kier molecular flexibility index (Phi) is 7.39. The topological polar surface area (TPSA) is 19.4 Å². The zero-order chi connectivity index (χ0) is 19.5. The monoisotopic (exact) mass is 429 g/mol. The number of aromatic nitrogens is 1. The molecule has 5 heteroatoms. The summed E-state index contributed by atoms with van der Waals surface area (Å²) >= 11 is 6.28. The summed E-state index contributed by atoms with van der Waals surface area (Å²) < 4.78 is 0. The molecule has 1 aliphatic heterocycles. The molecule has 3 nitrogen and oxygen atoms in total. The highest BCUT2D eigenvalue weighted by molar-refractivity contribution is 6.31. The van der Waals surface area contributed by atoms with Crippen LogP contribution in [0.15, 0.2) is 54.6 Å². The normalized spacial score (nSPS) is 15.0. The molecule has 0 bridgehead atoms. The number of pyridine rings is 1. The largest absolute Gasteiger partial charge is 0.371 e. The maximum atomic E-state index is 6.28. The van der Waals surface area contributed by atoms with Crippen LogP contribution >= 0.6 is 24.0 Å². The molecule has 1 aromatic heterocycles. The molecule has 0 atom stereocenters. The van der Waals surface area contributed by atoms with Crippen LogP contribution in [0.2, 0.25) is 5.02 Å². The Morgan fingerprint density at radius 3 is 2.34 bits per heavy atom. The molecule has 0 aliphatic carbocycles. The molecule has 2 aromatic carbocycles. The van der Waals surface area contributed by atoms with Crippen molar-refractivity contribution >= 4 is 40.6 Å². The van der Waals surface area contributed by atoms with Crippen molar-refractivity contribution in [1.29, 1.82) is 0 Å². The van der Waals surface area contributed by atoms with Crippen LogP contribution in [0.25, 0.3) is 22.2 Å². The maximum Gasteiger partial charge on any atom is 0.0745 e. The molecular formula is C24H29Cl2N3. The second-order valence-electron chi connectivity index (χ2n) is 7.49. The summed E-state index contributed by atoms with van der Waals surface area (Å²) in [6.45, 7) is 8.96. The lowest BCUT2D eigenvalue weighted by Crippen LogP contribution is -2.44. The van der Waals surface area contributed by atoms with E-state index in [9.17, 15) is 0 Å². The zero-order valence-electron chi connectivity index (χ0n) is 17.1. The van der Waals surface area contributed by atoms with Crippen molar-refractivity contribution in [2.24, 2.45) is 0 Å². The second kappa shape index (κ2) is 9.80. The molecule has 154 valence electrons. The Hall–Kier alpha value is -1.81. The van der Waals surface area contributed by atoms with Crippen molar-refractivity contribution in [3.05, 3.63) is 59.6 Å². The van der Waals surface area contributed by atoms with Gasteiger partial charge in [-0.1, -0.05) is 55.8 Å². The minimum atomic E-state index is 0. The third-order valence-electron chi connectivity index (χ3n) is 5.95. The quantitative estimate of drug-likeness (QED) is 0.474. The molecule has 29 heavy (non-hydrogen) atoms. The van der Waals surface area contributed by atoms with Gasteiger partial charge in [-0.3, -0.25) is 0 Å². The van der Waals surface area contributed by atoms with Crippen LogP contribution < -0.4 is 4.90 Å². The first-order valence-corrected chi connectivity index (χ1v) is 10.7. The number of benzene rings is 2. The molecule has 1 fully saturated rings. The number of anilines is 1. The van der Waals surface area contributed by atoms with Gasteiger partial charge in [0.05, 0.1) is 11.2 Å². The highest BCUT2D eigenvalue weighted by atomic mass is 35.5. The van der Waals surface area contributed by atoms with Gasteiger partial charge in [0.1, 0.15) is 0 Å². The molecule has 0 spiro atoms. The number of rotatable bonds is 5. The van der Waals surface area contributed by atoms with Crippen molar-refractivity contribution in [1.82, 2.24) is 9.88 Å². The highest BCUT2D eigenvalue weighted by Crippen LogP contribution is 2.34. The van der Waals surface area contributed by atoms with E-state index in [1.807, 2.05) is 18.2 Å². The Balaban J connectivity index is 0.00000240. The number of nitrogens with zero attached hydrogens (tertiary/aromatic N) is 3. The smallest absolute Gasteiger partial charge is 0.0745 e. The van der Waals surface area contributed by atoms with Gasteiger partial charge in [-0.25, -0.2) is 4.98 Å². The third-order valence-corrected chi connectivity index (χ3v) is 6.19. The van der Waals surface area contributed by atoms with E-state index in [0.717, 1.165) is 48.0 Å². The minimum absolute atomic E-state index is 0. The van der Waals surface area contributed by atoms with Crippen LogP contribution in [0, 0.1) is 0 Å². The first-order valence-electron chi connectivity index (χ1n) is 10.3. The molecule has 3 aromatic rings. The van der Waals surface area contributed by atoms with E-state index in [1.165, 1.54) is 23.9 Å². The average Bonchev–Trinajstić information content (AvgIpc) is 2.75. The van der Waals surface area contributed by atoms with Crippen molar-refractivity contribution in [2.45, 2.75) is 32.7 Å². The Morgan fingerprint density at radius 1 is 1.00 bits per heavy atom. The average molecular weight is 430 g/mol. The van der Waals surface area contributed by atoms with Crippen molar-refractivity contribution in [3.8, 4) is 11.3 Å². The standard InChI is InChI=1S/C24H28ClN3.ClH/c1-3-27(4-2)20-12-14-28(15-13-20)24-17-22(18-8-6-5-7-9-18)26-23-16-19(25)10-11-21(23)24;/h5-11,16-17,20H,3-4,12-15H2,1-2H3;1H. The van der Waals surface area contributed by atoms with Crippen LogP contribution in [-0.2, 0) is 0 Å². The van der Waals surface area contributed by atoms with Gasteiger partial charge in [0.15, 0.2) is 0 Å². The molecule has 0 amide bonds. The van der Waals surface area contributed by atoms with Gasteiger partial charge in [0, 0.05) is 40.8 Å². The fourth-order valence-electron chi connectivity index (χ4n) is 4.41. The van der Waals surface area contributed by atoms with E-state index in [4.69, 9.17) is 16.6 Å². The number of fused-ring (bicyclic) bond motifs is 1. The number of piperidine rings is 1. The summed E-state index contributed by atoms with van der Waals surface area (Å²) in [7, 11) is 0. The van der Waals surface area contributed by atoms with Crippen molar-refractivity contribution in [2.75, 3.05) is 31.1 Å². The predicted octanol–water partition coefficient (Wildman–Crippen LogP) is 6.29. The van der Waals surface area contributed by atoms with Gasteiger partial charge in [-0.15, -0.1) is 12.4 Å². The van der Waals surface area contributed by atoms with Gasteiger partial charge >= 0.3 is 0 Å². The lowest BCUT2D eigenvalue weighted by molar-refractivity contribution is 0.186. The van der Waals surface area contributed by atoms with E-state index in [0.29, 0.717) is 6.04 Å². The van der Waals surface area contributed by atoms with Crippen molar-refractivity contribution < 1.29 is 0 Å². The summed E-state index contributed by atoms with van der Waals surface area (Å²) in [6, 6.07) is 19.4. The van der Waals surface area contributed by atoms with Crippen LogP contribution in [0.3, 0.4) is 0 Å². The molecule has 4 rings (SSSR count). The second-order valence-corrected chi connectivity index (χ2v) is 7.93. The summed E-state index contributed by atoms with van der Waals surface area (Å²) in [6.07, 6.45) is 2.42. The van der Waals surface area contributed by atoms with Gasteiger partial charge in [0.2, 0.25) is 0 Å². The highest BCUT2D eigenvalue weighted by Gasteiger charge is 2.24. The third kappa shape index (κ3) is 4.69. The number of hydrogen-bond acceptors (Lipinski definition) is 3. The molecule has 2 heterocycles. The molecular weight excluding hydrogens is 401 g/mol. The SMILES string of the molecule is CCN(CC)C1CCN(c2cc(-c3ccccc3)nc3cc(Cl)ccc23)CC1.Cl. The van der Waals surface area contributed by atoms with Gasteiger partial charge in [-0.2, -0.15) is 0 Å².